The van der Waals surface area contributed by atoms with Crippen molar-refractivity contribution in [1.29, 1.82) is 0 Å². The molecule has 11 rings (SSSR count). The Kier molecular flexibility index (Phi) is 7.82. The van der Waals surface area contributed by atoms with E-state index in [-0.39, 0.29) is 0 Å². The van der Waals surface area contributed by atoms with Crippen molar-refractivity contribution in [2.45, 2.75) is 0 Å². The van der Waals surface area contributed by atoms with Crippen LogP contribution in [0, 0.1) is 0 Å². The van der Waals surface area contributed by atoms with Crippen LogP contribution in [0.4, 0.5) is 17.1 Å². The first-order valence-corrected chi connectivity index (χ1v) is 19.3. The lowest BCUT2D eigenvalue weighted by Gasteiger charge is -2.28. The van der Waals surface area contributed by atoms with E-state index in [0.717, 1.165) is 83.2 Å². The van der Waals surface area contributed by atoms with Crippen molar-refractivity contribution < 1.29 is 8.83 Å². The molecule has 0 unspecified atom stereocenters. The molecule has 3 heteroatoms. The molecule has 0 aliphatic heterocycles. The summed E-state index contributed by atoms with van der Waals surface area (Å²) in [7, 11) is 0. The van der Waals surface area contributed by atoms with E-state index in [9.17, 15) is 0 Å². The number of anilines is 3. The van der Waals surface area contributed by atoms with Crippen LogP contribution in [0.3, 0.4) is 0 Å². The molecule has 57 heavy (non-hydrogen) atoms. The van der Waals surface area contributed by atoms with Crippen molar-refractivity contribution in [1.82, 2.24) is 0 Å². The monoisotopic (exact) mass is 729 g/mol. The van der Waals surface area contributed by atoms with E-state index in [1.807, 2.05) is 24.3 Å². The van der Waals surface area contributed by atoms with Gasteiger partial charge in [-0.1, -0.05) is 164 Å². The smallest absolute Gasteiger partial charge is 0.159 e. The van der Waals surface area contributed by atoms with Crippen molar-refractivity contribution in [3.63, 3.8) is 0 Å². The predicted octanol–water partition coefficient (Wildman–Crippen LogP) is 15.6. The number of furan rings is 2. The zero-order valence-corrected chi connectivity index (χ0v) is 31.0. The summed E-state index contributed by atoms with van der Waals surface area (Å²) in [6.45, 7) is 0. The Balaban J connectivity index is 1.10. The number of fused-ring (bicyclic) bond motifs is 6. The summed E-state index contributed by atoms with van der Waals surface area (Å²) in [5.41, 5.74) is 15.7. The lowest BCUT2D eigenvalue weighted by Crippen LogP contribution is -2.11. The summed E-state index contributed by atoms with van der Waals surface area (Å²) in [5, 5.41) is 4.44. The van der Waals surface area contributed by atoms with Gasteiger partial charge in [0.15, 0.2) is 5.58 Å². The van der Waals surface area contributed by atoms with Crippen LogP contribution in [0.2, 0.25) is 0 Å². The van der Waals surface area contributed by atoms with Gasteiger partial charge in [-0.2, -0.15) is 0 Å². The summed E-state index contributed by atoms with van der Waals surface area (Å²) in [5.74, 6) is 0. The molecule has 0 bridgehead atoms. The summed E-state index contributed by atoms with van der Waals surface area (Å²) >= 11 is 0. The van der Waals surface area contributed by atoms with Crippen LogP contribution < -0.4 is 4.90 Å². The van der Waals surface area contributed by atoms with Crippen molar-refractivity contribution >= 4 is 60.9 Å². The lowest BCUT2D eigenvalue weighted by atomic mass is 9.88. The van der Waals surface area contributed by atoms with Crippen LogP contribution in [-0.4, -0.2) is 0 Å². The molecule has 0 amide bonds. The largest absolute Gasteiger partial charge is 0.456 e. The SMILES string of the molecule is c1ccc(-c2ccccc2-c2ccccc2-c2ccccc2N(c2ccc(-c3ccc4c(c3)oc3ccccc34)cc2)c2cccc3c2oc2ccccc23)cc1. The maximum Gasteiger partial charge on any atom is 0.159 e. The van der Waals surface area contributed by atoms with Crippen LogP contribution in [0.15, 0.2) is 221 Å². The zero-order chi connectivity index (χ0) is 37.7. The molecule has 0 aliphatic rings. The highest BCUT2D eigenvalue weighted by Crippen LogP contribution is 2.48. The summed E-state index contributed by atoms with van der Waals surface area (Å²) < 4.78 is 13.0. The molecule has 0 aliphatic carbocycles. The predicted molar refractivity (Wildman–Crippen MR) is 237 cm³/mol. The van der Waals surface area contributed by atoms with Gasteiger partial charge in [0, 0.05) is 32.8 Å². The van der Waals surface area contributed by atoms with Crippen LogP contribution in [0.1, 0.15) is 0 Å². The van der Waals surface area contributed by atoms with E-state index >= 15 is 0 Å². The van der Waals surface area contributed by atoms with Gasteiger partial charge in [0.25, 0.3) is 0 Å². The quantitative estimate of drug-likeness (QED) is 0.164. The van der Waals surface area contributed by atoms with Gasteiger partial charge in [-0.3, -0.25) is 0 Å². The number of rotatable bonds is 7. The molecule has 0 atom stereocenters. The van der Waals surface area contributed by atoms with Crippen molar-refractivity contribution in [2.75, 3.05) is 4.90 Å². The molecule has 0 N–H and O–H groups in total. The Morgan fingerprint density at radius 1 is 0.281 bits per heavy atom. The second-order valence-corrected chi connectivity index (χ2v) is 14.4. The summed E-state index contributed by atoms with van der Waals surface area (Å²) in [6.07, 6.45) is 0. The number of hydrogen-bond acceptors (Lipinski definition) is 3. The number of para-hydroxylation sites is 4. The maximum atomic E-state index is 6.72. The van der Waals surface area contributed by atoms with Gasteiger partial charge in [0.05, 0.1) is 11.4 Å². The average molecular weight is 730 g/mol. The highest BCUT2D eigenvalue weighted by molar-refractivity contribution is 6.11. The van der Waals surface area contributed by atoms with Gasteiger partial charge in [-0.25, -0.2) is 0 Å². The number of benzene rings is 9. The van der Waals surface area contributed by atoms with Crippen LogP contribution >= 0.6 is 0 Å². The average Bonchev–Trinajstić information content (AvgIpc) is 3.86. The van der Waals surface area contributed by atoms with Crippen LogP contribution in [-0.2, 0) is 0 Å². The Labute approximate surface area is 330 Å². The fourth-order valence-corrected chi connectivity index (χ4v) is 8.46. The summed E-state index contributed by atoms with van der Waals surface area (Å²) in [4.78, 5) is 2.35. The molecule has 0 saturated carbocycles. The Morgan fingerprint density at radius 2 is 0.789 bits per heavy atom. The van der Waals surface area contributed by atoms with Gasteiger partial charge in [0.2, 0.25) is 0 Å². The Hall–Kier alpha value is -7.62. The van der Waals surface area contributed by atoms with E-state index < -0.39 is 0 Å². The van der Waals surface area contributed by atoms with Crippen molar-refractivity contribution in [3.05, 3.63) is 212 Å². The lowest BCUT2D eigenvalue weighted by molar-refractivity contribution is 0.668. The van der Waals surface area contributed by atoms with E-state index in [2.05, 4.69) is 193 Å². The molecule has 3 nitrogen and oxygen atoms in total. The maximum absolute atomic E-state index is 6.72. The van der Waals surface area contributed by atoms with Crippen molar-refractivity contribution in [2.24, 2.45) is 0 Å². The second-order valence-electron chi connectivity index (χ2n) is 14.4. The normalized spacial score (nSPS) is 11.5. The van der Waals surface area contributed by atoms with E-state index in [1.54, 1.807) is 0 Å². The minimum atomic E-state index is 0.843. The third-order valence-electron chi connectivity index (χ3n) is 11.1. The van der Waals surface area contributed by atoms with Gasteiger partial charge in [-0.05, 0) is 87.5 Å². The van der Waals surface area contributed by atoms with E-state index in [1.165, 1.54) is 22.3 Å². The molecule has 2 aromatic heterocycles. The second kappa shape index (κ2) is 13.6. The third-order valence-corrected chi connectivity index (χ3v) is 11.1. The van der Waals surface area contributed by atoms with E-state index in [0.29, 0.717) is 0 Å². The highest BCUT2D eigenvalue weighted by Gasteiger charge is 2.23. The van der Waals surface area contributed by atoms with Gasteiger partial charge >= 0.3 is 0 Å². The number of nitrogens with zero attached hydrogens (tertiary/aromatic N) is 1. The minimum absolute atomic E-state index is 0.843. The van der Waals surface area contributed by atoms with Crippen LogP contribution in [0.25, 0.3) is 88.4 Å². The molecular weight excluding hydrogens is 695 g/mol. The number of hydrogen-bond donors (Lipinski definition) is 0. The van der Waals surface area contributed by atoms with Gasteiger partial charge in [0.1, 0.15) is 16.7 Å². The molecule has 0 radical (unpaired) electrons. The molecule has 2 heterocycles. The topological polar surface area (TPSA) is 29.5 Å². The van der Waals surface area contributed by atoms with Gasteiger partial charge in [-0.15, -0.1) is 0 Å². The molecule has 11 aromatic rings. The summed E-state index contributed by atoms with van der Waals surface area (Å²) in [6, 6.07) is 75.1. The van der Waals surface area contributed by atoms with Gasteiger partial charge < -0.3 is 13.7 Å². The van der Waals surface area contributed by atoms with Crippen LogP contribution in [0.5, 0.6) is 0 Å². The first-order valence-electron chi connectivity index (χ1n) is 19.3. The third kappa shape index (κ3) is 5.60. The van der Waals surface area contributed by atoms with E-state index in [4.69, 9.17) is 8.83 Å². The zero-order valence-electron chi connectivity index (χ0n) is 31.0. The minimum Gasteiger partial charge on any atom is -0.456 e. The first kappa shape index (κ1) is 32.8. The molecule has 0 spiro atoms. The Bertz CT molecular complexity index is 3240. The molecule has 0 saturated heterocycles. The van der Waals surface area contributed by atoms with Crippen molar-refractivity contribution in [3.8, 4) is 44.5 Å². The standard InChI is InChI=1S/C54H35NO2/c1-2-15-37(16-3-1)40-17-4-5-18-41(40)42-19-6-7-20-43(42)44-21-8-11-25-49(44)55(50-26-14-24-48-46-23-10-13-28-52(46)57-54(48)50)39-32-29-36(30-33-39)38-31-34-47-45-22-9-12-27-51(45)56-53(47)35-38/h1-35H. The Morgan fingerprint density at radius 3 is 1.54 bits per heavy atom. The molecule has 268 valence electrons. The molecule has 9 aromatic carbocycles. The molecule has 0 fully saturated rings. The molecular formula is C54H35NO2. The highest BCUT2D eigenvalue weighted by atomic mass is 16.3. The first-order chi connectivity index (χ1) is 28.3. The fourth-order valence-electron chi connectivity index (χ4n) is 8.46. The fraction of sp³-hybridized carbons (Fsp3) is 0.